The molecule has 0 saturated carbocycles. The van der Waals surface area contributed by atoms with Gasteiger partial charge in [-0.2, -0.15) is 4.98 Å². The molecule has 5 heteroatoms. The standard InChI is InChI=1S/C17H15N3O2/c1-12-6-5-9-14(10-12)17(21)18-11-15-19-16(20-22-15)13-7-3-2-4-8-13/h2-10H,11H2,1H3,(H,18,21). The highest BCUT2D eigenvalue weighted by Gasteiger charge is 2.10. The van der Waals surface area contributed by atoms with E-state index in [4.69, 9.17) is 4.52 Å². The van der Waals surface area contributed by atoms with Crippen LogP contribution in [0.4, 0.5) is 0 Å². The minimum atomic E-state index is -0.164. The average Bonchev–Trinajstić information content (AvgIpc) is 3.02. The predicted molar refractivity (Wildman–Crippen MR) is 82.1 cm³/mol. The second kappa shape index (κ2) is 6.22. The maximum absolute atomic E-state index is 12.0. The van der Waals surface area contributed by atoms with Crippen LogP contribution in [0.1, 0.15) is 21.8 Å². The van der Waals surface area contributed by atoms with Gasteiger partial charge in [-0.25, -0.2) is 0 Å². The summed E-state index contributed by atoms with van der Waals surface area (Å²) in [7, 11) is 0. The van der Waals surface area contributed by atoms with Crippen LogP contribution < -0.4 is 5.32 Å². The molecule has 1 amide bonds. The van der Waals surface area contributed by atoms with Crippen molar-refractivity contribution in [3.63, 3.8) is 0 Å². The molecular weight excluding hydrogens is 278 g/mol. The van der Waals surface area contributed by atoms with Crippen molar-refractivity contribution in [1.29, 1.82) is 0 Å². The molecule has 3 aromatic rings. The Bertz CT molecular complexity index is 781. The lowest BCUT2D eigenvalue weighted by Gasteiger charge is -2.02. The summed E-state index contributed by atoms with van der Waals surface area (Å²) in [5.41, 5.74) is 2.53. The Morgan fingerprint density at radius 1 is 1.14 bits per heavy atom. The minimum absolute atomic E-state index is 0.164. The highest BCUT2D eigenvalue weighted by molar-refractivity contribution is 5.94. The maximum Gasteiger partial charge on any atom is 0.251 e. The van der Waals surface area contributed by atoms with Crippen LogP contribution in [-0.4, -0.2) is 16.0 Å². The van der Waals surface area contributed by atoms with Gasteiger partial charge in [0.25, 0.3) is 5.91 Å². The fraction of sp³-hybridized carbons (Fsp3) is 0.118. The summed E-state index contributed by atoms with van der Waals surface area (Å²) in [6.45, 7) is 2.15. The van der Waals surface area contributed by atoms with E-state index in [9.17, 15) is 4.79 Å². The van der Waals surface area contributed by atoms with Crippen molar-refractivity contribution in [1.82, 2.24) is 15.5 Å². The third kappa shape index (κ3) is 3.20. The Kier molecular flexibility index (Phi) is 3.96. The quantitative estimate of drug-likeness (QED) is 0.803. The Morgan fingerprint density at radius 3 is 2.73 bits per heavy atom. The molecule has 1 aromatic heterocycles. The molecule has 5 nitrogen and oxygen atoms in total. The van der Waals surface area contributed by atoms with Gasteiger partial charge >= 0.3 is 0 Å². The number of rotatable bonds is 4. The first-order valence-electron chi connectivity index (χ1n) is 6.95. The van der Waals surface area contributed by atoms with Gasteiger partial charge in [-0.15, -0.1) is 0 Å². The van der Waals surface area contributed by atoms with Crippen molar-refractivity contribution in [2.24, 2.45) is 0 Å². The zero-order chi connectivity index (χ0) is 15.4. The van der Waals surface area contributed by atoms with E-state index in [0.717, 1.165) is 11.1 Å². The highest BCUT2D eigenvalue weighted by atomic mass is 16.5. The molecule has 0 aliphatic heterocycles. The number of hydrogen-bond acceptors (Lipinski definition) is 4. The molecule has 0 bridgehead atoms. The number of aryl methyl sites for hydroxylation is 1. The molecule has 110 valence electrons. The summed E-state index contributed by atoms with van der Waals surface area (Å²) in [5.74, 6) is 0.725. The fourth-order valence-electron chi connectivity index (χ4n) is 2.08. The van der Waals surface area contributed by atoms with Gasteiger partial charge < -0.3 is 9.84 Å². The van der Waals surface area contributed by atoms with Gasteiger partial charge in [0.05, 0.1) is 6.54 Å². The number of hydrogen-bond donors (Lipinski definition) is 1. The van der Waals surface area contributed by atoms with Gasteiger partial charge in [-0.3, -0.25) is 4.79 Å². The number of carbonyl (C=O) groups is 1. The summed E-state index contributed by atoms with van der Waals surface area (Å²) in [6, 6.07) is 16.9. The Labute approximate surface area is 128 Å². The minimum Gasteiger partial charge on any atom is -0.343 e. The van der Waals surface area contributed by atoms with Gasteiger partial charge in [0.15, 0.2) is 0 Å². The molecule has 0 atom stereocenters. The van der Waals surface area contributed by atoms with Gasteiger partial charge in [0, 0.05) is 11.1 Å². The van der Waals surface area contributed by atoms with Crippen molar-refractivity contribution in [3.05, 3.63) is 71.6 Å². The average molecular weight is 293 g/mol. The van der Waals surface area contributed by atoms with Crippen molar-refractivity contribution in [3.8, 4) is 11.4 Å². The van der Waals surface area contributed by atoms with Crippen LogP contribution >= 0.6 is 0 Å². The number of nitrogens with one attached hydrogen (secondary N) is 1. The lowest BCUT2D eigenvalue weighted by Crippen LogP contribution is -2.22. The van der Waals surface area contributed by atoms with E-state index in [0.29, 0.717) is 17.3 Å². The molecule has 3 rings (SSSR count). The highest BCUT2D eigenvalue weighted by Crippen LogP contribution is 2.14. The first-order valence-corrected chi connectivity index (χ1v) is 6.95. The molecule has 0 radical (unpaired) electrons. The molecule has 1 heterocycles. The molecule has 0 spiro atoms. The first kappa shape index (κ1) is 14.0. The molecule has 0 aliphatic carbocycles. The summed E-state index contributed by atoms with van der Waals surface area (Å²) >= 11 is 0. The number of nitrogens with zero attached hydrogens (tertiary/aromatic N) is 2. The normalized spacial score (nSPS) is 10.4. The third-order valence-corrected chi connectivity index (χ3v) is 3.18. The third-order valence-electron chi connectivity index (χ3n) is 3.18. The number of aromatic nitrogens is 2. The Balaban J connectivity index is 1.65. The van der Waals surface area contributed by atoms with E-state index < -0.39 is 0 Å². The molecule has 0 saturated heterocycles. The molecule has 22 heavy (non-hydrogen) atoms. The molecule has 0 unspecified atom stereocenters. The van der Waals surface area contributed by atoms with Crippen molar-refractivity contribution in [2.75, 3.05) is 0 Å². The van der Waals surface area contributed by atoms with Crippen LogP contribution in [0.3, 0.4) is 0 Å². The maximum atomic E-state index is 12.0. The second-order valence-corrected chi connectivity index (χ2v) is 4.93. The molecular formula is C17H15N3O2. The smallest absolute Gasteiger partial charge is 0.251 e. The van der Waals surface area contributed by atoms with E-state index >= 15 is 0 Å². The van der Waals surface area contributed by atoms with Crippen LogP contribution in [-0.2, 0) is 6.54 Å². The summed E-state index contributed by atoms with van der Waals surface area (Å²) in [6.07, 6.45) is 0. The van der Waals surface area contributed by atoms with E-state index in [1.165, 1.54) is 0 Å². The molecule has 1 N–H and O–H groups in total. The van der Waals surface area contributed by atoms with Crippen molar-refractivity contribution < 1.29 is 9.32 Å². The van der Waals surface area contributed by atoms with Gasteiger partial charge in [0.1, 0.15) is 0 Å². The van der Waals surface area contributed by atoms with Gasteiger partial charge in [-0.05, 0) is 19.1 Å². The largest absolute Gasteiger partial charge is 0.343 e. The van der Waals surface area contributed by atoms with E-state index in [-0.39, 0.29) is 12.5 Å². The lowest BCUT2D eigenvalue weighted by atomic mass is 10.1. The molecule has 0 aliphatic rings. The van der Waals surface area contributed by atoms with Gasteiger partial charge in [-0.1, -0.05) is 53.2 Å². The lowest BCUT2D eigenvalue weighted by molar-refractivity contribution is 0.0946. The van der Waals surface area contributed by atoms with E-state index in [2.05, 4.69) is 15.5 Å². The SMILES string of the molecule is Cc1cccc(C(=O)NCc2nc(-c3ccccc3)no2)c1. The number of benzene rings is 2. The van der Waals surface area contributed by atoms with Gasteiger partial charge in [0.2, 0.25) is 11.7 Å². The van der Waals surface area contributed by atoms with Crippen LogP contribution in [0.15, 0.2) is 59.1 Å². The summed E-state index contributed by atoms with van der Waals surface area (Å²) in [4.78, 5) is 16.3. The van der Waals surface area contributed by atoms with Crippen LogP contribution in [0.25, 0.3) is 11.4 Å². The number of carbonyl (C=O) groups excluding carboxylic acids is 1. The topological polar surface area (TPSA) is 68.0 Å². The zero-order valence-corrected chi connectivity index (χ0v) is 12.1. The van der Waals surface area contributed by atoms with Crippen LogP contribution in [0, 0.1) is 6.92 Å². The van der Waals surface area contributed by atoms with Crippen LogP contribution in [0.5, 0.6) is 0 Å². The Morgan fingerprint density at radius 2 is 1.95 bits per heavy atom. The fourth-order valence-corrected chi connectivity index (χ4v) is 2.08. The number of amides is 1. The predicted octanol–water partition coefficient (Wildman–Crippen LogP) is 2.98. The van der Waals surface area contributed by atoms with E-state index in [1.54, 1.807) is 6.07 Å². The van der Waals surface area contributed by atoms with E-state index in [1.807, 2.05) is 55.5 Å². The molecule has 2 aromatic carbocycles. The Hall–Kier alpha value is -2.95. The van der Waals surface area contributed by atoms with Crippen molar-refractivity contribution in [2.45, 2.75) is 13.5 Å². The second-order valence-electron chi connectivity index (χ2n) is 4.93. The first-order chi connectivity index (χ1) is 10.7. The monoisotopic (exact) mass is 293 g/mol. The van der Waals surface area contributed by atoms with Crippen molar-refractivity contribution >= 4 is 5.91 Å². The summed E-state index contributed by atoms with van der Waals surface area (Å²) in [5, 5.41) is 6.69. The zero-order valence-electron chi connectivity index (χ0n) is 12.1. The molecule has 0 fully saturated rings. The van der Waals surface area contributed by atoms with Crippen LogP contribution in [0.2, 0.25) is 0 Å². The summed E-state index contributed by atoms with van der Waals surface area (Å²) < 4.78 is 5.15.